The molecule has 2 N–H and O–H groups in total. The number of non-ortho nitro benzene ring substituents is 1. The Labute approximate surface area is 128 Å². The molecule has 0 heterocycles. The second kappa shape index (κ2) is 7.69. The third-order valence-electron chi connectivity index (χ3n) is 3.09. The molecule has 1 unspecified atom stereocenters. The van der Waals surface area contributed by atoms with Gasteiger partial charge in [-0.3, -0.25) is 10.1 Å². The molecular formula is C12H17ClN2O5S. The average molecular weight is 337 g/mol. The van der Waals surface area contributed by atoms with Crippen LogP contribution < -0.4 is 4.72 Å². The molecule has 1 aromatic carbocycles. The fourth-order valence-corrected chi connectivity index (χ4v) is 3.41. The first-order valence-corrected chi connectivity index (χ1v) is 8.22. The maximum absolute atomic E-state index is 12.1. The van der Waals surface area contributed by atoms with E-state index in [1.54, 1.807) is 0 Å². The molecule has 0 saturated heterocycles. The van der Waals surface area contributed by atoms with Gasteiger partial charge in [0.25, 0.3) is 5.69 Å². The number of aliphatic hydroxyl groups is 1. The van der Waals surface area contributed by atoms with Crippen molar-refractivity contribution in [2.45, 2.75) is 24.7 Å². The van der Waals surface area contributed by atoms with Crippen LogP contribution in [-0.2, 0) is 10.0 Å². The van der Waals surface area contributed by atoms with Gasteiger partial charge in [-0.2, -0.15) is 0 Å². The molecule has 21 heavy (non-hydrogen) atoms. The van der Waals surface area contributed by atoms with Gasteiger partial charge in [-0.15, -0.1) is 0 Å². The third kappa shape index (κ3) is 4.92. The van der Waals surface area contributed by atoms with Crippen molar-refractivity contribution in [3.63, 3.8) is 0 Å². The van der Waals surface area contributed by atoms with Crippen molar-refractivity contribution in [2.24, 2.45) is 5.92 Å². The highest BCUT2D eigenvalue weighted by Crippen LogP contribution is 2.26. The molecule has 0 radical (unpaired) electrons. The van der Waals surface area contributed by atoms with E-state index in [1.165, 1.54) is 0 Å². The van der Waals surface area contributed by atoms with E-state index in [0.717, 1.165) is 24.6 Å². The fourth-order valence-electron chi connectivity index (χ4n) is 1.76. The number of hydrogen-bond acceptors (Lipinski definition) is 5. The Bertz CT molecular complexity index is 606. The molecule has 1 rings (SSSR count). The Morgan fingerprint density at radius 3 is 2.62 bits per heavy atom. The predicted molar refractivity (Wildman–Crippen MR) is 78.8 cm³/mol. The molecule has 0 aliphatic rings. The molecule has 7 nitrogen and oxygen atoms in total. The molecule has 0 aliphatic carbocycles. The van der Waals surface area contributed by atoms with Crippen LogP contribution in [0.25, 0.3) is 0 Å². The summed E-state index contributed by atoms with van der Waals surface area (Å²) in [4.78, 5) is 9.75. The summed E-state index contributed by atoms with van der Waals surface area (Å²) in [6.45, 7) is 2.05. The van der Waals surface area contributed by atoms with Crippen molar-refractivity contribution >= 4 is 27.3 Å². The fraction of sp³-hybridized carbons (Fsp3) is 0.500. The number of benzene rings is 1. The number of aliphatic hydroxyl groups excluding tert-OH is 1. The van der Waals surface area contributed by atoms with Gasteiger partial charge in [-0.25, -0.2) is 13.1 Å². The lowest BCUT2D eigenvalue weighted by molar-refractivity contribution is -0.384. The molecule has 0 fully saturated rings. The molecule has 9 heteroatoms. The van der Waals surface area contributed by atoms with E-state index in [9.17, 15) is 18.5 Å². The van der Waals surface area contributed by atoms with Gasteiger partial charge in [-0.1, -0.05) is 24.9 Å². The highest BCUT2D eigenvalue weighted by Gasteiger charge is 2.21. The molecule has 0 amide bonds. The van der Waals surface area contributed by atoms with Gasteiger partial charge >= 0.3 is 0 Å². The molecule has 1 atom stereocenters. The number of halogens is 1. The van der Waals surface area contributed by atoms with Crippen LogP contribution in [0, 0.1) is 16.0 Å². The van der Waals surface area contributed by atoms with E-state index in [4.69, 9.17) is 16.7 Å². The topological polar surface area (TPSA) is 110 Å². The number of nitrogens with zero attached hydrogens (tertiary/aromatic N) is 1. The Balaban J connectivity index is 2.90. The number of nitro groups is 1. The van der Waals surface area contributed by atoms with E-state index < -0.39 is 14.9 Å². The van der Waals surface area contributed by atoms with Crippen LogP contribution in [-0.4, -0.2) is 31.6 Å². The second-order valence-corrected chi connectivity index (χ2v) is 6.65. The normalized spacial score (nSPS) is 13.1. The molecule has 1 aromatic rings. The van der Waals surface area contributed by atoms with Crippen LogP contribution in [0.1, 0.15) is 19.8 Å². The summed E-state index contributed by atoms with van der Waals surface area (Å²) >= 11 is 5.80. The highest BCUT2D eigenvalue weighted by molar-refractivity contribution is 7.89. The van der Waals surface area contributed by atoms with Gasteiger partial charge in [-0.05, 0) is 18.4 Å². The number of nitrogens with one attached hydrogen (secondary N) is 1. The summed E-state index contributed by atoms with van der Waals surface area (Å²) in [5, 5.41) is 19.3. The van der Waals surface area contributed by atoms with Crippen molar-refractivity contribution in [3.8, 4) is 0 Å². The van der Waals surface area contributed by atoms with Crippen molar-refractivity contribution in [1.29, 1.82) is 0 Å². The number of rotatable bonds is 8. The molecule has 118 valence electrons. The smallest absolute Gasteiger partial charge is 0.271 e. The van der Waals surface area contributed by atoms with E-state index in [-0.39, 0.29) is 34.7 Å². The summed E-state index contributed by atoms with van der Waals surface area (Å²) in [7, 11) is -3.84. The Kier molecular flexibility index (Phi) is 6.53. The third-order valence-corrected chi connectivity index (χ3v) is 5.00. The van der Waals surface area contributed by atoms with Crippen LogP contribution in [0.15, 0.2) is 23.1 Å². The van der Waals surface area contributed by atoms with E-state index in [0.29, 0.717) is 6.42 Å². The number of hydrogen-bond donors (Lipinski definition) is 2. The minimum atomic E-state index is -3.84. The minimum Gasteiger partial charge on any atom is -0.396 e. The molecule has 0 aliphatic heterocycles. The van der Waals surface area contributed by atoms with Crippen LogP contribution in [0.4, 0.5) is 5.69 Å². The first-order chi connectivity index (χ1) is 9.81. The Morgan fingerprint density at radius 2 is 2.14 bits per heavy atom. The van der Waals surface area contributed by atoms with Gasteiger partial charge in [0.1, 0.15) is 4.90 Å². The standard InChI is InChI=1S/C12H17ClN2O5S/c1-2-9(5-6-16)8-14-21(19,20)12-4-3-10(15(17)18)7-11(12)13/h3-4,7,9,14,16H,2,5-6,8H2,1H3. The lowest BCUT2D eigenvalue weighted by atomic mass is 10.0. The predicted octanol–water partition coefficient (Wildman–Crippen LogP) is 1.94. The second-order valence-electron chi connectivity index (χ2n) is 4.51. The van der Waals surface area contributed by atoms with Gasteiger partial charge in [0, 0.05) is 25.3 Å². The number of sulfonamides is 1. The van der Waals surface area contributed by atoms with Gasteiger partial charge in [0.2, 0.25) is 10.0 Å². The summed E-state index contributed by atoms with van der Waals surface area (Å²) in [6.07, 6.45) is 1.21. The molecule has 0 aromatic heterocycles. The van der Waals surface area contributed by atoms with Gasteiger partial charge < -0.3 is 5.11 Å². The van der Waals surface area contributed by atoms with Crippen LogP contribution in [0.5, 0.6) is 0 Å². The lowest BCUT2D eigenvalue weighted by Crippen LogP contribution is -2.29. The molecule has 0 spiro atoms. The molecular weight excluding hydrogens is 320 g/mol. The first-order valence-electron chi connectivity index (χ1n) is 6.36. The van der Waals surface area contributed by atoms with Crippen LogP contribution >= 0.6 is 11.6 Å². The monoisotopic (exact) mass is 336 g/mol. The largest absolute Gasteiger partial charge is 0.396 e. The maximum Gasteiger partial charge on any atom is 0.271 e. The Morgan fingerprint density at radius 1 is 1.48 bits per heavy atom. The quantitative estimate of drug-likeness (QED) is 0.557. The lowest BCUT2D eigenvalue weighted by Gasteiger charge is -2.15. The number of nitro benzene ring substituents is 1. The maximum atomic E-state index is 12.1. The van der Waals surface area contributed by atoms with Crippen molar-refractivity contribution in [1.82, 2.24) is 4.72 Å². The summed E-state index contributed by atoms with van der Waals surface area (Å²) in [5.74, 6) is 0.0154. The highest BCUT2D eigenvalue weighted by atomic mass is 35.5. The van der Waals surface area contributed by atoms with E-state index in [1.807, 2.05) is 6.92 Å². The molecule has 0 bridgehead atoms. The van der Waals surface area contributed by atoms with E-state index >= 15 is 0 Å². The van der Waals surface area contributed by atoms with Crippen molar-refractivity contribution < 1.29 is 18.4 Å². The van der Waals surface area contributed by atoms with Crippen molar-refractivity contribution in [2.75, 3.05) is 13.2 Å². The van der Waals surface area contributed by atoms with Gasteiger partial charge in [0.05, 0.1) is 9.95 Å². The minimum absolute atomic E-state index is 0.0154. The van der Waals surface area contributed by atoms with Crippen LogP contribution in [0.2, 0.25) is 5.02 Å². The Hall–Kier alpha value is -1.22. The van der Waals surface area contributed by atoms with Crippen LogP contribution in [0.3, 0.4) is 0 Å². The SMILES string of the molecule is CCC(CCO)CNS(=O)(=O)c1ccc([N+](=O)[O-])cc1Cl. The zero-order chi connectivity index (χ0) is 16.0. The first kappa shape index (κ1) is 17.8. The summed E-state index contributed by atoms with van der Waals surface area (Å²) < 4.78 is 26.7. The summed E-state index contributed by atoms with van der Waals surface area (Å²) in [5.41, 5.74) is -0.273. The zero-order valence-corrected chi connectivity index (χ0v) is 13.0. The zero-order valence-electron chi connectivity index (χ0n) is 11.5. The summed E-state index contributed by atoms with van der Waals surface area (Å²) in [6, 6.07) is 3.20. The van der Waals surface area contributed by atoms with Gasteiger partial charge in [0.15, 0.2) is 0 Å². The molecule has 0 saturated carbocycles. The average Bonchev–Trinajstić information content (AvgIpc) is 2.42. The van der Waals surface area contributed by atoms with Crippen molar-refractivity contribution in [3.05, 3.63) is 33.3 Å². The van der Waals surface area contributed by atoms with E-state index in [2.05, 4.69) is 4.72 Å².